The first-order valence-corrected chi connectivity index (χ1v) is 5.89. The summed E-state index contributed by atoms with van der Waals surface area (Å²) in [6.07, 6.45) is 3.58. The van der Waals surface area contributed by atoms with E-state index in [-0.39, 0.29) is 11.7 Å². The lowest BCUT2D eigenvalue weighted by Gasteiger charge is -2.05. The Morgan fingerprint density at radius 2 is 2.11 bits per heavy atom. The highest BCUT2D eigenvalue weighted by molar-refractivity contribution is 5.16. The van der Waals surface area contributed by atoms with Gasteiger partial charge in [0, 0.05) is 24.5 Å². The van der Waals surface area contributed by atoms with E-state index in [9.17, 15) is 4.79 Å². The third-order valence-electron chi connectivity index (χ3n) is 2.75. The second-order valence-corrected chi connectivity index (χ2v) is 4.38. The minimum Gasteiger partial charge on any atom is -0.481 e. The van der Waals surface area contributed by atoms with Gasteiger partial charge in [0.2, 0.25) is 5.88 Å². The predicted octanol–water partition coefficient (Wildman–Crippen LogP) is 1.68. The van der Waals surface area contributed by atoms with E-state index in [1.807, 2.05) is 26.0 Å². The molecule has 0 saturated heterocycles. The first kappa shape index (κ1) is 12.4. The van der Waals surface area contributed by atoms with Crippen LogP contribution >= 0.6 is 0 Å². The van der Waals surface area contributed by atoms with Crippen molar-refractivity contribution in [2.45, 2.75) is 26.4 Å². The van der Waals surface area contributed by atoms with E-state index < -0.39 is 0 Å². The Bertz CT molecular complexity index is 584. The molecular formula is C13H17N3O2. The smallest absolute Gasteiger partial charge is 0.328 e. The number of methoxy groups -OCH3 is 1. The number of imidazole rings is 1. The van der Waals surface area contributed by atoms with Crippen LogP contribution in [0.1, 0.15) is 25.6 Å². The molecule has 2 heterocycles. The van der Waals surface area contributed by atoms with E-state index in [1.165, 1.54) is 0 Å². The fraction of sp³-hybridized carbons (Fsp3) is 0.385. The average molecular weight is 247 g/mol. The molecule has 18 heavy (non-hydrogen) atoms. The maximum Gasteiger partial charge on any atom is 0.328 e. The third kappa shape index (κ3) is 2.45. The topological polar surface area (TPSA) is 49.0 Å². The molecule has 5 heteroatoms. The summed E-state index contributed by atoms with van der Waals surface area (Å²) in [5, 5.41) is 0. The summed E-state index contributed by atoms with van der Waals surface area (Å²) < 4.78 is 8.40. The SMILES string of the molecule is COc1cccc(Cn2ccn(C(C)C)c2=O)n1. The summed E-state index contributed by atoms with van der Waals surface area (Å²) in [7, 11) is 1.58. The molecule has 0 aliphatic rings. The summed E-state index contributed by atoms with van der Waals surface area (Å²) in [6, 6.07) is 5.69. The normalized spacial score (nSPS) is 10.9. The molecule has 2 aromatic rings. The van der Waals surface area contributed by atoms with Crippen LogP contribution in [0.2, 0.25) is 0 Å². The summed E-state index contributed by atoms with van der Waals surface area (Å²) in [6.45, 7) is 4.42. The number of nitrogens with zero attached hydrogens (tertiary/aromatic N) is 3. The van der Waals surface area contributed by atoms with Gasteiger partial charge in [-0.3, -0.25) is 9.13 Å². The number of rotatable bonds is 4. The lowest BCUT2D eigenvalue weighted by Crippen LogP contribution is -2.25. The second-order valence-electron chi connectivity index (χ2n) is 4.38. The molecule has 0 bridgehead atoms. The predicted molar refractivity (Wildman–Crippen MR) is 69.0 cm³/mol. The maximum atomic E-state index is 12.0. The summed E-state index contributed by atoms with van der Waals surface area (Å²) in [5.41, 5.74) is 0.785. The van der Waals surface area contributed by atoms with Gasteiger partial charge in [-0.2, -0.15) is 0 Å². The van der Waals surface area contributed by atoms with Gasteiger partial charge < -0.3 is 4.74 Å². The average Bonchev–Trinajstić information content (AvgIpc) is 2.71. The molecule has 2 rings (SSSR count). The molecule has 0 aliphatic carbocycles. The molecule has 2 aromatic heterocycles. The van der Waals surface area contributed by atoms with Gasteiger partial charge in [-0.25, -0.2) is 9.78 Å². The van der Waals surface area contributed by atoms with Crippen molar-refractivity contribution >= 4 is 0 Å². The fourth-order valence-corrected chi connectivity index (χ4v) is 1.78. The van der Waals surface area contributed by atoms with Crippen LogP contribution in [-0.4, -0.2) is 21.2 Å². The Hall–Kier alpha value is -2.04. The number of aromatic nitrogens is 3. The van der Waals surface area contributed by atoms with Gasteiger partial charge in [-0.05, 0) is 19.9 Å². The van der Waals surface area contributed by atoms with Crippen molar-refractivity contribution in [2.75, 3.05) is 7.11 Å². The van der Waals surface area contributed by atoms with Crippen LogP contribution in [0.4, 0.5) is 0 Å². The molecule has 0 aliphatic heterocycles. The first-order valence-electron chi connectivity index (χ1n) is 5.89. The molecular weight excluding hydrogens is 230 g/mol. The lowest BCUT2D eigenvalue weighted by molar-refractivity contribution is 0.395. The van der Waals surface area contributed by atoms with E-state index in [1.54, 1.807) is 34.7 Å². The zero-order valence-electron chi connectivity index (χ0n) is 10.8. The monoisotopic (exact) mass is 247 g/mol. The highest BCUT2D eigenvalue weighted by Gasteiger charge is 2.07. The van der Waals surface area contributed by atoms with E-state index in [0.717, 1.165) is 5.69 Å². The van der Waals surface area contributed by atoms with Crippen molar-refractivity contribution in [3.63, 3.8) is 0 Å². The molecule has 0 fully saturated rings. The van der Waals surface area contributed by atoms with Crippen LogP contribution in [0.3, 0.4) is 0 Å². The summed E-state index contributed by atoms with van der Waals surface area (Å²) >= 11 is 0. The molecule has 0 aromatic carbocycles. The Morgan fingerprint density at radius 3 is 2.72 bits per heavy atom. The van der Waals surface area contributed by atoms with E-state index >= 15 is 0 Å². The lowest BCUT2D eigenvalue weighted by atomic mass is 10.3. The number of ether oxygens (including phenoxy) is 1. The molecule has 5 nitrogen and oxygen atoms in total. The van der Waals surface area contributed by atoms with Crippen LogP contribution in [-0.2, 0) is 6.54 Å². The first-order chi connectivity index (χ1) is 8.61. The largest absolute Gasteiger partial charge is 0.481 e. The highest BCUT2D eigenvalue weighted by Crippen LogP contribution is 2.08. The Kier molecular flexibility index (Phi) is 3.50. The van der Waals surface area contributed by atoms with E-state index in [4.69, 9.17) is 4.74 Å². The maximum absolute atomic E-state index is 12.0. The second kappa shape index (κ2) is 5.08. The number of pyridine rings is 1. The molecule has 96 valence electrons. The van der Waals surface area contributed by atoms with Gasteiger partial charge in [0.25, 0.3) is 0 Å². The molecule has 0 unspecified atom stereocenters. The van der Waals surface area contributed by atoms with Crippen molar-refractivity contribution in [1.82, 2.24) is 14.1 Å². The van der Waals surface area contributed by atoms with Gasteiger partial charge in [-0.1, -0.05) is 6.07 Å². The third-order valence-corrected chi connectivity index (χ3v) is 2.75. The molecule has 0 amide bonds. The zero-order chi connectivity index (χ0) is 13.1. The summed E-state index contributed by atoms with van der Waals surface area (Å²) in [4.78, 5) is 16.3. The van der Waals surface area contributed by atoms with Crippen molar-refractivity contribution < 1.29 is 4.74 Å². The minimum absolute atomic E-state index is 0.0189. The molecule has 0 spiro atoms. The van der Waals surface area contributed by atoms with Crippen molar-refractivity contribution in [1.29, 1.82) is 0 Å². The van der Waals surface area contributed by atoms with Crippen LogP contribution in [0.15, 0.2) is 35.4 Å². The van der Waals surface area contributed by atoms with Crippen molar-refractivity contribution in [3.8, 4) is 5.88 Å². The van der Waals surface area contributed by atoms with Crippen LogP contribution in [0, 0.1) is 0 Å². The molecule has 0 atom stereocenters. The van der Waals surface area contributed by atoms with Gasteiger partial charge in [-0.15, -0.1) is 0 Å². The van der Waals surface area contributed by atoms with Gasteiger partial charge in [0.05, 0.1) is 19.3 Å². The van der Waals surface area contributed by atoms with E-state index in [0.29, 0.717) is 12.4 Å². The molecule has 0 saturated carbocycles. The quantitative estimate of drug-likeness (QED) is 0.826. The van der Waals surface area contributed by atoms with Crippen molar-refractivity contribution in [3.05, 3.63) is 46.8 Å². The van der Waals surface area contributed by atoms with Crippen LogP contribution < -0.4 is 10.4 Å². The van der Waals surface area contributed by atoms with Crippen LogP contribution in [0.5, 0.6) is 5.88 Å². The van der Waals surface area contributed by atoms with Gasteiger partial charge in [0.15, 0.2) is 0 Å². The number of hydrogen-bond acceptors (Lipinski definition) is 3. The van der Waals surface area contributed by atoms with Gasteiger partial charge >= 0.3 is 5.69 Å². The Balaban J connectivity index is 2.26. The zero-order valence-corrected chi connectivity index (χ0v) is 10.8. The summed E-state index contributed by atoms with van der Waals surface area (Å²) in [5.74, 6) is 0.559. The molecule has 0 N–H and O–H groups in total. The standard InChI is InChI=1S/C13H17N3O2/c1-10(2)16-8-7-15(13(16)17)9-11-5-4-6-12(14-11)18-3/h4-8,10H,9H2,1-3H3. The number of hydrogen-bond donors (Lipinski definition) is 0. The minimum atomic E-state index is -0.0189. The Morgan fingerprint density at radius 1 is 1.33 bits per heavy atom. The Labute approximate surface area is 106 Å². The van der Waals surface area contributed by atoms with Crippen LogP contribution in [0.25, 0.3) is 0 Å². The van der Waals surface area contributed by atoms with Gasteiger partial charge in [0.1, 0.15) is 0 Å². The highest BCUT2D eigenvalue weighted by atomic mass is 16.5. The van der Waals surface area contributed by atoms with Crippen molar-refractivity contribution in [2.24, 2.45) is 0 Å². The van der Waals surface area contributed by atoms with E-state index in [2.05, 4.69) is 4.98 Å². The fourth-order valence-electron chi connectivity index (χ4n) is 1.78. The molecule has 0 radical (unpaired) electrons.